The number of nitrogens with zero attached hydrogens (tertiary/aromatic N) is 2. The summed E-state index contributed by atoms with van der Waals surface area (Å²) in [5, 5.41) is 0. The molecule has 2 aromatic rings. The SMILES string of the molecule is Cc1cc(Br)cc2c1C(=O)N(Cc1ccc(N(C)C)cc1)C2. The van der Waals surface area contributed by atoms with E-state index in [1.807, 2.05) is 32.0 Å². The average Bonchev–Trinajstić information content (AvgIpc) is 2.75. The van der Waals surface area contributed by atoms with Gasteiger partial charge < -0.3 is 9.80 Å². The first-order valence-electron chi connectivity index (χ1n) is 7.30. The number of rotatable bonds is 3. The molecule has 0 atom stereocenters. The highest BCUT2D eigenvalue weighted by Gasteiger charge is 2.29. The topological polar surface area (TPSA) is 23.6 Å². The molecule has 0 saturated heterocycles. The van der Waals surface area contributed by atoms with Crippen LogP contribution in [0.5, 0.6) is 0 Å². The monoisotopic (exact) mass is 358 g/mol. The maximum atomic E-state index is 12.6. The molecule has 2 aromatic carbocycles. The van der Waals surface area contributed by atoms with Crippen molar-refractivity contribution in [2.45, 2.75) is 20.0 Å². The number of benzene rings is 2. The van der Waals surface area contributed by atoms with Crippen molar-refractivity contribution in [2.75, 3.05) is 19.0 Å². The van der Waals surface area contributed by atoms with E-state index in [4.69, 9.17) is 0 Å². The summed E-state index contributed by atoms with van der Waals surface area (Å²) < 4.78 is 1.04. The van der Waals surface area contributed by atoms with Crippen LogP contribution in [0.4, 0.5) is 5.69 Å². The van der Waals surface area contributed by atoms with Gasteiger partial charge in [-0.1, -0.05) is 28.1 Å². The van der Waals surface area contributed by atoms with Crippen molar-refractivity contribution in [2.24, 2.45) is 0 Å². The Hall–Kier alpha value is -1.81. The van der Waals surface area contributed by atoms with Gasteiger partial charge >= 0.3 is 0 Å². The molecule has 0 unspecified atom stereocenters. The number of anilines is 1. The van der Waals surface area contributed by atoms with Crippen molar-refractivity contribution in [3.8, 4) is 0 Å². The van der Waals surface area contributed by atoms with E-state index >= 15 is 0 Å². The molecule has 0 aromatic heterocycles. The fourth-order valence-electron chi connectivity index (χ4n) is 2.93. The Morgan fingerprint density at radius 3 is 2.50 bits per heavy atom. The number of carbonyl (C=O) groups is 1. The molecule has 0 radical (unpaired) electrons. The van der Waals surface area contributed by atoms with Crippen LogP contribution in [0.15, 0.2) is 40.9 Å². The second-order valence-electron chi connectivity index (χ2n) is 5.98. The minimum Gasteiger partial charge on any atom is -0.378 e. The van der Waals surface area contributed by atoms with Crippen LogP contribution in [0.1, 0.15) is 27.0 Å². The van der Waals surface area contributed by atoms with Gasteiger partial charge in [-0.2, -0.15) is 0 Å². The Kier molecular flexibility index (Phi) is 3.96. The molecule has 0 bridgehead atoms. The smallest absolute Gasteiger partial charge is 0.255 e. The Bertz CT molecular complexity index is 723. The van der Waals surface area contributed by atoms with Gasteiger partial charge in [-0.25, -0.2) is 0 Å². The summed E-state index contributed by atoms with van der Waals surface area (Å²) in [7, 11) is 4.05. The van der Waals surface area contributed by atoms with E-state index in [0.717, 1.165) is 26.7 Å². The third-order valence-corrected chi connectivity index (χ3v) is 4.53. The molecule has 0 aliphatic carbocycles. The van der Waals surface area contributed by atoms with Gasteiger partial charge in [-0.05, 0) is 47.9 Å². The summed E-state index contributed by atoms with van der Waals surface area (Å²) in [6.45, 7) is 3.33. The minimum atomic E-state index is 0.136. The highest BCUT2D eigenvalue weighted by Crippen LogP contribution is 2.30. The molecule has 0 saturated carbocycles. The molecule has 1 aliphatic rings. The first-order chi connectivity index (χ1) is 10.5. The Labute approximate surface area is 139 Å². The number of fused-ring (bicyclic) bond motifs is 1. The van der Waals surface area contributed by atoms with Gasteiger partial charge in [0.1, 0.15) is 0 Å². The largest absolute Gasteiger partial charge is 0.378 e. The standard InChI is InChI=1S/C18H19BrN2O/c1-12-8-15(19)9-14-11-21(18(22)17(12)14)10-13-4-6-16(7-5-13)20(2)3/h4-9H,10-11H2,1-3H3. The zero-order chi connectivity index (χ0) is 15.9. The quantitative estimate of drug-likeness (QED) is 0.828. The summed E-state index contributed by atoms with van der Waals surface area (Å²) in [6.07, 6.45) is 0. The molecular weight excluding hydrogens is 340 g/mol. The van der Waals surface area contributed by atoms with Gasteiger partial charge in [0.2, 0.25) is 0 Å². The van der Waals surface area contributed by atoms with E-state index in [1.54, 1.807) is 0 Å². The lowest BCUT2D eigenvalue weighted by Gasteiger charge is -2.17. The van der Waals surface area contributed by atoms with Gasteiger partial charge in [-0.3, -0.25) is 4.79 Å². The summed E-state index contributed by atoms with van der Waals surface area (Å²) in [4.78, 5) is 16.6. The van der Waals surface area contributed by atoms with Crippen LogP contribution >= 0.6 is 15.9 Å². The molecular formula is C18H19BrN2O. The molecule has 0 N–H and O–H groups in total. The van der Waals surface area contributed by atoms with Crippen molar-refractivity contribution < 1.29 is 4.79 Å². The number of carbonyl (C=O) groups excluding carboxylic acids is 1. The first kappa shape index (κ1) is 15.1. The fraction of sp³-hybridized carbons (Fsp3) is 0.278. The van der Waals surface area contributed by atoms with Crippen molar-refractivity contribution >= 4 is 27.5 Å². The van der Waals surface area contributed by atoms with Crippen LogP contribution in [-0.4, -0.2) is 24.9 Å². The lowest BCUT2D eigenvalue weighted by Crippen LogP contribution is -2.23. The summed E-state index contributed by atoms with van der Waals surface area (Å²) in [6, 6.07) is 12.4. The van der Waals surface area contributed by atoms with E-state index in [2.05, 4.69) is 51.2 Å². The molecule has 0 fully saturated rings. The fourth-order valence-corrected chi connectivity index (χ4v) is 3.55. The van der Waals surface area contributed by atoms with Crippen LogP contribution in [0.2, 0.25) is 0 Å². The van der Waals surface area contributed by atoms with E-state index in [1.165, 1.54) is 5.69 Å². The highest BCUT2D eigenvalue weighted by molar-refractivity contribution is 9.10. The molecule has 1 aliphatic heterocycles. The Balaban J connectivity index is 1.80. The maximum Gasteiger partial charge on any atom is 0.255 e. The predicted molar refractivity (Wildman–Crippen MR) is 93.2 cm³/mol. The van der Waals surface area contributed by atoms with Crippen LogP contribution in [-0.2, 0) is 13.1 Å². The molecule has 0 spiro atoms. The summed E-state index contributed by atoms with van der Waals surface area (Å²) in [5.74, 6) is 0.136. The number of hydrogen-bond acceptors (Lipinski definition) is 2. The molecule has 1 amide bonds. The number of hydrogen-bond donors (Lipinski definition) is 0. The summed E-state index contributed by atoms with van der Waals surface area (Å²) in [5.41, 5.74) is 5.35. The molecule has 4 heteroatoms. The zero-order valence-corrected chi connectivity index (χ0v) is 14.6. The van der Waals surface area contributed by atoms with Crippen molar-refractivity contribution in [1.82, 2.24) is 4.90 Å². The third-order valence-electron chi connectivity index (χ3n) is 4.07. The average molecular weight is 359 g/mol. The summed E-state index contributed by atoms with van der Waals surface area (Å²) >= 11 is 3.51. The van der Waals surface area contributed by atoms with Gasteiger partial charge in [0.05, 0.1) is 0 Å². The minimum absolute atomic E-state index is 0.136. The second kappa shape index (κ2) is 5.76. The van der Waals surface area contributed by atoms with E-state index in [9.17, 15) is 4.79 Å². The molecule has 3 nitrogen and oxygen atoms in total. The zero-order valence-electron chi connectivity index (χ0n) is 13.1. The van der Waals surface area contributed by atoms with Crippen LogP contribution in [0.3, 0.4) is 0 Å². The van der Waals surface area contributed by atoms with E-state index in [0.29, 0.717) is 13.1 Å². The lowest BCUT2D eigenvalue weighted by atomic mass is 10.0. The maximum absolute atomic E-state index is 12.6. The van der Waals surface area contributed by atoms with Gasteiger partial charge in [0.15, 0.2) is 0 Å². The molecule has 1 heterocycles. The van der Waals surface area contributed by atoms with Crippen LogP contribution < -0.4 is 4.90 Å². The molecule has 114 valence electrons. The van der Waals surface area contributed by atoms with Crippen molar-refractivity contribution in [3.63, 3.8) is 0 Å². The number of amides is 1. The predicted octanol–water partition coefficient (Wildman–Crippen LogP) is 3.98. The van der Waals surface area contributed by atoms with E-state index < -0.39 is 0 Å². The Morgan fingerprint density at radius 2 is 1.86 bits per heavy atom. The number of aryl methyl sites for hydroxylation is 1. The van der Waals surface area contributed by atoms with Gasteiger partial charge in [-0.15, -0.1) is 0 Å². The van der Waals surface area contributed by atoms with E-state index in [-0.39, 0.29) is 5.91 Å². The number of halogens is 1. The lowest BCUT2D eigenvalue weighted by molar-refractivity contribution is 0.0766. The highest BCUT2D eigenvalue weighted by atomic mass is 79.9. The van der Waals surface area contributed by atoms with Crippen molar-refractivity contribution in [3.05, 3.63) is 63.1 Å². The third kappa shape index (κ3) is 2.75. The normalized spacial score (nSPS) is 13.5. The van der Waals surface area contributed by atoms with Crippen molar-refractivity contribution in [1.29, 1.82) is 0 Å². The van der Waals surface area contributed by atoms with Gasteiger partial charge in [0.25, 0.3) is 5.91 Å². The second-order valence-corrected chi connectivity index (χ2v) is 6.89. The van der Waals surface area contributed by atoms with Crippen LogP contribution in [0.25, 0.3) is 0 Å². The molecule has 3 rings (SSSR count). The van der Waals surface area contributed by atoms with Crippen LogP contribution in [0, 0.1) is 6.92 Å². The molecule has 22 heavy (non-hydrogen) atoms. The Morgan fingerprint density at radius 1 is 1.18 bits per heavy atom. The first-order valence-corrected chi connectivity index (χ1v) is 8.09. The van der Waals surface area contributed by atoms with Gasteiger partial charge in [0, 0.05) is 42.9 Å².